The number of rotatable bonds is 7. The van der Waals surface area contributed by atoms with Gasteiger partial charge in [-0.2, -0.15) is 0 Å². The van der Waals surface area contributed by atoms with Crippen LogP contribution in [-0.4, -0.2) is 52.7 Å². The molecule has 4 aromatic heterocycles. The lowest BCUT2D eigenvalue weighted by molar-refractivity contribution is 0.0701. The van der Waals surface area contributed by atoms with Gasteiger partial charge in [0.15, 0.2) is 5.43 Å². The molecule has 0 saturated carbocycles. The van der Waals surface area contributed by atoms with Gasteiger partial charge in [0.05, 0.1) is 20.1 Å². The van der Waals surface area contributed by atoms with Crippen molar-refractivity contribution in [3.05, 3.63) is 62.3 Å². The molecule has 36 heavy (non-hydrogen) atoms. The summed E-state index contributed by atoms with van der Waals surface area (Å²) in [4.78, 5) is 32.8. The highest BCUT2D eigenvalue weighted by Gasteiger charge is 2.26. The summed E-state index contributed by atoms with van der Waals surface area (Å²) in [5.41, 5.74) is 1.69. The third-order valence-corrected chi connectivity index (χ3v) is 9.75. The van der Waals surface area contributed by atoms with Crippen LogP contribution in [0.5, 0.6) is 0 Å². The van der Waals surface area contributed by atoms with Crippen molar-refractivity contribution in [2.75, 3.05) is 19.7 Å². The molecule has 0 radical (unpaired) electrons. The van der Waals surface area contributed by atoms with Crippen LogP contribution in [0.3, 0.4) is 0 Å². The number of carbonyl (C=O) groups excluding carboxylic acids is 1. The molecule has 4 aromatic rings. The Bertz CT molecular complexity index is 1460. The maximum atomic E-state index is 12.9. The highest BCUT2D eigenvalue weighted by atomic mass is 35.5. The number of ether oxygens (including phenoxy) is 1. The van der Waals surface area contributed by atoms with Crippen molar-refractivity contribution in [2.45, 2.75) is 51.3 Å². The number of hydrogen-bond donors (Lipinski definition) is 0. The number of fused-ring (bicyclic) bond motifs is 3. The van der Waals surface area contributed by atoms with Crippen LogP contribution in [0, 0.1) is 0 Å². The molecule has 1 aliphatic rings. The monoisotopic (exact) mass is 542 g/mol. The Kier molecular flexibility index (Phi) is 7.09. The molecule has 5 rings (SSSR count). The van der Waals surface area contributed by atoms with Crippen molar-refractivity contribution in [2.24, 2.45) is 0 Å². The Morgan fingerprint density at radius 1 is 1.14 bits per heavy atom. The molecule has 0 aromatic carbocycles. The standard InChI is InChI=1S/C26H31ClN4O3SSi/c1-36(2,3)15-14-34-17-30-12-8-19-24-20(16-28-25(19)30)21(32)9-13-31(24)18-6-10-29(11-7-18)26(33)22-4-5-23(27)35-22/h4-5,8-9,12-13,16,18H,6-7,10-11,14-15,17H2,1-3H3. The number of amides is 1. The van der Waals surface area contributed by atoms with Crippen LogP contribution >= 0.6 is 22.9 Å². The lowest BCUT2D eigenvalue weighted by atomic mass is 10.0. The highest BCUT2D eigenvalue weighted by molar-refractivity contribution is 7.17. The van der Waals surface area contributed by atoms with E-state index in [1.165, 1.54) is 11.3 Å². The predicted octanol–water partition coefficient (Wildman–Crippen LogP) is 5.86. The van der Waals surface area contributed by atoms with Gasteiger partial charge in [0.2, 0.25) is 0 Å². The minimum atomic E-state index is -1.15. The van der Waals surface area contributed by atoms with Crippen molar-refractivity contribution in [1.29, 1.82) is 0 Å². The topological polar surface area (TPSA) is 69.4 Å². The van der Waals surface area contributed by atoms with E-state index in [1.54, 1.807) is 24.4 Å². The number of pyridine rings is 2. The Morgan fingerprint density at radius 2 is 1.92 bits per heavy atom. The van der Waals surface area contributed by atoms with Crippen LogP contribution in [0.15, 0.2) is 47.7 Å². The molecule has 1 fully saturated rings. The quantitative estimate of drug-likeness (QED) is 0.217. The molecule has 0 atom stereocenters. The molecule has 0 spiro atoms. The maximum absolute atomic E-state index is 12.9. The fourth-order valence-electron chi connectivity index (χ4n) is 4.78. The molecule has 1 saturated heterocycles. The molecule has 0 bridgehead atoms. The molecule has 5 heterocycles. The lowest BCUT2D eigenvalue weighted by Crippen LogP contribution is -2.38. The zero-order chi connectivity index (χ0) is 25.4. The predicted molar refractivity (Wildman–Crippen MR) is 149 cm³/mol. The van der Waals surface area contributed by atoms with Crippen LogP contribution in [0.2, 0.25) is 30.0 Å². The maximum Gasteiger partial charge on any atom is 0.263 e. The molecule has 7 nitrogen and oxygen atoms in total. The van der Waals surface area contributed by atoms with Gasteiger partial charge < -0.3 is 18.8 Å². The number of thiophene rings is 1. The van der Waals surface area contributed by atoms with Gasteiger partial charge in [0, 0.05) is 63.9 Å². The molecule has 10 heteroatoms. The summed E-state index contributed by atoms with van der Waals surface area (Å²) in [5, 5.41) is 1.57. The zero-order valence-electron chi connectivity index (χ0n) is 20.9. The Balaban J connectivity index is 1.39. The summed E-state index contributed by atoms with van der Waals surface area (Å²) < 4.78 is 10.8. The Morgan fingerprint density at radius 3 is 2.61 bits per heavy atom. The first-order valence-corrected chi connectivity index (χ1v) is 17.2. The first kappa shape index (κ1) is 25.2. The fraction of sp³-hybridized carbons (Fsp3) is 0.423. The average Bonchev–Trinajstić information content (AvgIpc) is 3.47. The summed E-state index contributed by atoms with van der Waals surface area (Å²) in [6, 6.07) is 8.51. The second-order valence-corrected chi connectivity index (χ2v) is 17.9. The van der Waals surface area contributed by atoms with E-state index in [0.29, 0.717) is 34.4 Å². The van der Waals surface area contributed by atoms with Gasteiger partial charge in [0.25, 0.3) is 5.91 Å². The average molecular weight is 543 g/mol. The number of carbonyl (C=O) groups is 1. The molecule has 0 unspecified atom stereocenters. The number of aromatic nitrogens is 3. The number of likely N-dealkylation sites (tertiary alicyclic amines) is 1. The van der Waals surface area contributed by atoms with Crippen molar-refractivity contribution in [3.63, 3.8) is 0 Å². The summed E-state index contributed by atoms with van der Waals surface area (Å²) >= 11 is 7.34. The van der Waals surface area contributed by atoms with Crippen molar-refractivity contribution in [3.8, 4) is 0 Å². The molecular formula is C26H31ClN4O3SSi. The van der Waals surface area contributed by atoms with E-state index < -0.39 is 8.07 Å². The van der Waals surface area contributed by atoms with E-state index in [1.807, 2.05) is 27.9 Å². The summed E-state index contributed by atoms with van der Waals surface area (Å²) in [6.45, 7) is 9.52. The van der Waals surface area contributed by atoms with Gasteiger partial charge in [-0.15, -0.1) is 11.3 Å². The largest absolute Gasteiger partial charge is 0.361 e. The number of nitrogens with zero attached hydrogens (tertiary/aromatic N) is 4. The van der Waals surface area contributed by atoms with Crippen LogP contribution in [-0.2, 0) is 11.5 Å². The second kappa shape index (κ2) is 10.1. The lowest BCUT2D eigenvalue weighted by Gasteiger charge is -2.33. The summed E-state index contributed by atoms with van der Waals surface area (Å²) in [7, 11) is -1.15. The SMILES string of the molecule is C[Si](C)(C)CCOCn1ccc2c1ncc1c(=O)ccn(C3CCN(C(=O)c4ccc(Cl)s4)CC3)c12. The fourth-order valence-corrected chi connectivity index (χ4v) is 6.55. The minimum absolute atomic E-state index is 0.0306. The molecule has 1 amide bonds. The highest BCUT2D eigenvalue weighted by Crippen LogP contribution is 2.31. The van der Waals surface area contributed by atoms with Gasteiger partial charge in [0.1, 0.15) is 12.4 Å². The van der Waals surface area contributed by atoms with Crippen molar-refractivity contribution >= 4 is 58.9 Å². The first-order chi connectivity index (χ1) is 17.2. The normalized spacial score (nSPS) is 15.3. The van der Waals surface area contributed by atoms with Crippen LogP contribution in [0.4, 0.5) is 0 Å². The smallest absolute Gasteiger partial charge is 0.263 e. The summed E-state index contributed by atoms with van der Waals surface area (Å²) in [5.74, 6) is 0.0351. The zero-order valence-corrected chi connectivity index (χ0v) is 23.4. The molecular weight excluding hydrogens is 512 g/mol. The molecule has 0 N–H and O–H groups in total. The van der Waals surface area contributed by atoms with E-state index in [9.17, 15) is 9.59 Å². The third-order valence-electron chi connectivity index (χ3n) is 6.83. The van der Waals surface area contributed by atoms with Gasteiger partial charge >= 0.3 is 0 Å². The summed E-state index contributed by atoms with van der Waals surface area (Å²) in [6.07, 6.45) is 7.20. The Hall–Kier alpha value is -2.46. The Labute approximate surface area is 220 Å². The van der Waals surface area contributed by atoms with E-state index in [-0.39, 0.29) is 17.4 Å². The molecule has 0 aliphatic carbocycles. The molecule has 1 aliphatic heterocycles. The number of halogens is 1. The van der Waals surface area contributed by atoms with Crippen molar-refractivity contribution < 1.29 is 9.53 Å². The first-order valence-electron chi connectivity index (χ1n) is 12.3. The third kappa shape index (κ3) is 5.15. The number of hydrogen-bond acceptors (Lipinski definition) is 5. The van der Waals surface area contributed by atoms with Crippen molar-refractivity contribution in [1.82, 2.24) is 19.0 Å². The van der Waals surface area contributed by atoms with Crippen LogP contribution in [0.25, 0.3) is 21.9 Å². The second-order valence-electron chi connectivity index (χ2n) is 10.6. The van der Waals surface area contributed by atoms with Gasteiger partial charge in [-0.05, 0) is 37.1 Å². The van der Waals surface area contributed by atoms with E-state index in [2.05, 4.69) is 29.2 Å². The van der Waals surface area contributed by atoms with Gasteiger partial charge in [-0.3, -0.25) is 9.59 Å². The minimum Gasteiger partial charge on any atom is -0.361 e. The van der Waals surface area contributed by atoms with Crippen LogP contribution in [0.1, 0.15) is 28.6 Å². The van der Waals surface area contributed by atoms with Gasteiger partial charge in [-0.1, -0.05) is 31.2 Å². The van der Waals surface area contributed by atoms with E-state index in [4.69, 9.17) is 16.3 Å². The van der Waals surface area contributed by atoms with E-state index >= 15 is 0 Å². The van der Waals surface area contributed by atoms with Crippen LogP contribution < -0.4 is 5.43 Å². The molecule has 190 valence electrons. The number of piperidine rings is 1. The van der Waals surface area contributed by atoms with E-state index in [0.717, 1.165) is 42.0 Å². The van der Waals surface area contributed by atoms with Gasteiger partial charge in [-0.25, -0.2) is 4.98 Å².